The van der Waals surface area contributed by atoms with E-state index in [2.05, 4.69) is 5.10 Å². The fourth-order valence-corrected chi connectivity index (χ4v) is 6.70. The molecule has 0 unspecified atom stereocenters. The lowest BCUT2D eigenvalue weighted by molar-refractivity contribution is -0.154. The van der Waals surface area contributed by atoms with Crippen LogP contribution in [0.2, 0.25) is 0 Å². The number of furan rings is 1. The first-order valence-corrected chi connectivity index (χ1v) is 11.2. The molecular weight excluding hydrogens is 392 g/mol. The lowest BCUT2D eigenvalue weighted by Gasteiger charge is -2.60. The van der Waals surface area contributed by atoms with Gasteiger partial charge in [0.25, 0.3) is 5.56 Å². The van der Waals surface area contributed by atoms with Gasteiger partial charge < -0.3 is 9.32 Å². The van der Waals surface area contributed by atoms with Crippen molar-refractivity contribution >= 4 is 5.91 Å². The second kappa shape index (κ2) is 7.37. The molecule has 1 amide bonds. The molecule has 4 aliphatic rings. The van der Waals surface area contributed by atoms with E-state index < -0.39 is 5.56 Å². The van der Waals surface area contributed by atoms with Crippen molar-refractivity contribution in [2.75, 3.05) is 0 Å². The molecule has 7 nitrogen and oxygen atoms in total. The number of aryl methyl sites for hydroxylation is 1. The van der Waals surface area contributed by atoms with Crippen molar-refractivity contribution in [2.45, 2.75) is 71.0 Å². The van der Waals surface area contributed by atoms with E-state index >= 15 is 0 Å². The molecule has 4 bridgehead atoms. The molecule has 31 heavy (non-hydrogen) atoms. The third-order valence-corrected chi connectivity index (χ3v) is 7.81. The number of nitrogens with zero attached hydrogens (tertiary/aromatic N) is 4. The van der Waals surface area contributed by atoms with Gasteiger partial charge in [-0.2, -0.15) is 10.4 Å². The van der Waals surface area contributed by atoms with Crippen molar-refractivity contribution in [3.05, 3.63) is 51.3 Å². The summed E-state index contributed by atoms with van der Waals surface area (Å²) in [5, 5.41) is 13.7. The normalized spacial score (nSPS) is 28.5. The molecule has 0 radical (unpaired) electrons. The van der Waals surface area contributed by atoms with Gasteiger partial charge in [-0.25, -0.2) is 4.68 Å². The minimum Gasteiger partial charge on any atom is -0.467 e. The highest BCUT2D eigenvalue weighted by atomic mass is 16.3. The molecule has 0 N–H and O–H groups in total. The van der Waals surface area contributed by atoms with Gasteiger partial charge in [-0.05, 0) is 87.8 Å². The van der Waals surface area contributed by atoms with Crippen LogP contribution in [0.1, 0.15) is 61.1 Å². The van der Waals surface area contributed by atoms with Crippen molar-refractivity contribution in [1.82, 2.24) is 14.7 Å². The first-order chi connectivity index (χ1) is 14.9. The second-order valence-electron chi connectivity index (χ2n) is 9.86. The van der Waals surface area contributed by atoms with Crippen molar-refractivity contribution in [2.24, 2.45) is 17.8 Å². The molecule has 162 valence electrons. The van der Waals surface area contributed by atoms with Crippen LogP contribution in [0.3, 0.4) is 0 Å². The quantitative estimate of drug-likeness (QED) is 0.740. The zero-order valence-electron chi connectivity index (χ0n) is 18.1. The molecule has 0 saturated heterocycles. The van der Waals surface area contributed by atoms with Crippen LogP contribution in [0.15, 0.2) is 27.6 Å². The molecule has 0 aliphatic heterocycles. The SMILES string of the molecule is Cc1nn(CC(=O)N(Cc2ccco2)C23CC4CC(CC(C4)C2)C3)c(=O)c(C#N)c1C. The summed E-state index contributed by atoms with van der Waals surface area (Å²) in [6.07, 6.45) is 8.58. The molecule has 0 atom stereocenters. The average Bonchev–Trinajstić information content (AvgIpc) is 3.23. The third-order valence-electron chi connectivity index (χ3n) is 7.81. The largest absolute Gasteiger partial charge is 0.467 e. The smallest absolute Gasteiger partial charge is 0.285 e. The van der Waals surface area contributed by atoms with Gasteiger partial charge in [-0.15, -0.1) is 0 Å². The van der Waals surface area contributed by atoms with Crippen LogP contribution < -0.4 is 5.56 Å². The number of rotatable bonds is 5. The molecule has 4 aliphatic carbocycles. The molecule has 2 aromatic rings. The van der Waals surface area contributed by atoms with E-state index in [9.17, 15) is 14.9 Å². The highest BCUT2D eigenvalue weighted by Crippen LogP contribution is 2.58. The minimum atomic E-state index is -0.498. The number of aromatic nitrogens is 2. The van der Waals surface area contributed by atoms with Gasteiger partial charge in [0.05, 0.1) is 18.5 Å². The fraction of sp³-hybridized carbons (Fsp3) is 0.583. The zero-order valence-corrected chi connectivity index (χ0v) is 18.1. The van der Waals surface area contributed by atoms with Crippen LogP contribution in [-0.4, -0.2) is 26.1 Å². The van der Waals surface area contributed by atoms with Gasteiger partial charge >= 0.3 is 0 Å². The number of carbonyl (C=O) groups excluding carboxylic acids is 1. The van der Waals surface area contributed by atoms with Crippen molar-refractivity contribution in [3.8, 4) is 6.07 Å². The Bertz CT molecular complexity index is 1070. The Labute approximate surface area is 181 Å². The van der Waals surface area contributed by atoms with Crippen LogP contribution in [0.5, 0.6) is 0 Å². The van der Waals surface area contributed by atoms with Crippen LogP contribution >= 0.6 is 0 Å². The predicted molar refractivity (Wildman–Crippen MR) is 113 cm³/mol. The van der Waals surface area contributed by atoms with E-state index in [1.165, 1.54) is 23.9 Å². The Balaban J connectivity index is 1.50. The van der Waals surface area contributed by atoms with Gasteiger partial charge in [0.15, 0.2) is 0 Å². The monoisotopic (exact) mass is 420 g/mol. The summed E-state index contributed by atoms with van der Waals surface area (Å²) < 4.78 is 6.77. The Hall–Kier alpha value is -2.88. The van der Waals surface area contributed by atoms with Gasteiger partial charge in [0, 0.05) is 5.54 Å². The molecule has 7 heteroatoms. The first kappa shape index (κ1) is 20.0. The number of amides is 1. The maximum Gasteiger partial charge on any atom is 0.285 e. The maximum atomic E-state index is 13.7. The number of nitriles is 1. The molecule has 2 aromatic heterocycles. The van der Waals surface area contributed by atoms with Crippen molar-refractivity contribution in [3.63, 3.8) is 0 Å². The molecule has 0 aromatic carbocycles. The summed E-state index contributed by atoms with van der Waals surface area (Å²) in [5.74, 6) is 2.68. The van der Waals surface area contributed by atoms with Gasteiger partial charge in [-0.1, -0.05) is 0 Å². The van der Waals surface area contributed by atoms with E-state index in [1.54, 1.807) is 20.1 Å². The highest BCUT2D eigenvalue weighted by molar-refractivity contribution is 5.77. The topological polar surface area (TPSA) is 92.1 Å². The molecule has 6 rings (SSSR count). The summed E-state index contributed by atoms with van der Waals surface area (Å²) in [6, 6.07) is 5.72. The summed E-state index contributed by atoms with van der Waals surface area (Å²) in [4.78, 5) is 28.5. The lowest BCUT2D eigenvalue weighted by Crippen LogP contribution is -2.61. The summed E-state index contributed by atoms with van der Waals surface area (Å²) in [6.45, 7) is 3.73. The van der Waals surface area contributed by atoms with Crippen LogP contribution in [0.25, 0.3) is 0 Å². The van der Waals surface area contributed by atoms with Crippen LogP contribution in [0.4, 0.5) is 0 Å². The lowest BCUT2D eigenvalue weighted by atomic mass is 9.52. The highest BCUT2D eigenvalue weighted by Gasteiger charge is 2.54. The minimum absolute atomic E-state index is 0.0627. The Kier molecular flexibility index (Phi) is 4.76. The maximum absolute atomic E-state index is 13.7. The summed E-state index contributed by atoms with van der Waals surface area (Å²) in [5.41, 5.74) is 0.566. The van der Waals surface area contributed by atoms with Gasteiger partial charge in [0.2, 0.25) is 5.91 Å². The summed E-state index contributed by atoms with van der Waals surface area (Å²) >= 11 is 0. The Morgan fingerprint density at radius 2 is 1.90 bits per heavy atom. The van der Waals surface area contributed by atoms with E-state index in [4.69, 9.17) is 4.42 Å². The van der Waals surface area contributed by atoms with E-state index in [0.717, 1.165) is 25.0 Å². The molecule has 4 saturated carbocycles. The molecular formula is C24H28N4O3. The number of hydrogen-bond donors (Lipinski definition) is 0. The third kappa shape index (κ3) is 3.38. The number of carbonyl (C=O) groups is 1. The van der Waals surface area contributed by atoms with Crippen LogP contribution in [-0.2, 0) is 17.9 Å². The predicted octanol–water partition coefficient (Wildman–Crippen LogP) is 3.32. The number of hydrogen-bond acceptors (Lipinski definition) is 5. The zero-order chi connectivity index (χ0) is 21.8. The molecule has 2 heterocycles. The van der Waals surface area contributed by atoms with E-state index in [0.29, 0.717) is 35.6 Å². The Morgan fingerprint density at radius 1 is 1.26 bits per heavy atom. The average molecular weight is 421 g/mol. The van der Waals surface area contributed by atoms with Crippen molar-refractivity contribution < 1.29 is 9.21 Å². The standard InChI is InChI=1S/C24H28N4O3/c1-15-16(2)26-28(23(30)21(15)12-25)14-22(29)27(13-20-4-3-5-31-20)24-9-17-6-18(10-24)8-19(7-17)11-24/h3-5,17-19H,6-11,13-14H2,1-2H3. The van der Waals surface area contributed by atoms with E-state index in [1.807, 2.05) is 23.1 Å². The first-order valence-electron chi connectivity index (χ1n) is 11.2. The van der Waals surface area contributed by atoms with Crippen molar-refractivity contribution in [1.29, 1.82) is 5.26 Å². The summed E-state index contributed by atoms with van der Waals surface area (Å²) in [7, 11) is 0. The van der Waals surface area contributed by atoms with Gasteiger partial charge in [-0.3, -0.25) is 9.59 Å². The van der Waals surface area contributed by atoms with Crippen LogP contribution in [0, 0.1) is 42.9 Å². The van der Waals surface area contributed by atoms with Gasteiger partial charge in [0.1, 0.15) is 23.9 Å². The molecule has 0 spiro atoms. The Morgan fingerprint density at radius 3 is 2.45 bits per heavy atom. The fourth-order valence-electron chi connectivity index (χ4n) is 6.70. The molecule has 4 fully saturated rings. The second-order valence-corrected chi connectivity index (χ2v) is 9.86. The van der Waals surface area contributed by atoms with E-state index in [-0.39, 0.29) is 23.6 Å².